The van der Waals surface area contributed by atoms with Crippen molar-refractivity contribution in [2.24, 2.45) is 5.73 Å². The molecule has 0 aliphatic heterocycles. The van der Waals surface area contributed by atoms with Gasteiger partial charge in [-0.1, -0.05) is 0 Å². The molecule has 106 valence electrons. The van der Waals surface area contributed by atoms with Crippen molar-refractivity contribution in [2.75, 3.05) is 0 Å². The van der Waals surface area contributed by atoms with Gasteiger partial charge in [-0.25, -0.2) is 4.98 Å². The van der Waals surface area contributed by atoms with Crippen molar-refractivity contribution in [1.29, 1.82) is 0 Å². The zero-order valence-electron chi connectivity index (χ0n) is 10.1. The molecule has 5 nitrogen and oxygen atoms in total. The molecular formula is C12H10F3N3O2. The molecular weight excluding hydrogens is 275 g/mol. The van der Waals surface area contributed by atoms with Gasteiger partial charge in [-0.2, -0.15) is 13.2 Å². The molecule has 0 radical (unpaired) electrons. The van der Waals surface area contributed by atoms with E-state index in [4.69, 9.17) is 5.73 Å². The highest BCUT2D eigenvalue weighted by molar-refractivity contribution is 5.78. The van der Waals surface area contributed by atoms with Crippen LogP contribution in [0.5, 0.6) is 0 Å². The second-order valence-electron chi connectivity index (χ2n) is 4.19. The first kappa shape index (κ1) is 14.0. The maximum absolute atomic E-state index is 12.5. The van der Waals surface area contributed by atoms with Crippen LogP contribution in [0.4, 0.5) is 13.2 Å². The van der Waals surface area contributed by atoms with E-state index in [-0.39, 0.29) is 23.9 Å². The van der Waals surface area contributed by atoms with E-state index >= 15 is 0 Å². The second-order valence-corrected chi connectivity index (χ2v) is 4.19. The predicted molar refractivity (Wildman–Crippen MR) is 64.8 cm³/mol. The maximum atomic E-state index is 12.5. The quantitative estimate of drug-likeness (QED) is 0.923. The van der Waals surface area contributed by atoms with E-state index in [1.54, 1.807) is 0 Å². The van der Waals surface area contributed by atoms with Gasteiger partial charge >= 0.3 is 6.18 Å². The Morgan fingerprint density at radius 3 is 2.65 bits per heavy atom. The molecule has 0 aliphatic carbocycles. The lowest BCUT2D eigenvalue weighted by molar-refractivity contribution is -0.137. The summed E-state index contributed by atoms with van der Waals surface area (Å²) >= 11 is 0. The Balaban J connectivity index is 2.47. The number of amides is 1. The van der Waals surface area contributed by atoms with E-state index < -0.39 is 23.2 Å². The predicted octanol–water partition coefficient (Wildman–Crippen LogP) is 1.29. The van der Waals surface area contributed by atoms with E-state index in [0.29, 0.717) is 0 Å². The van der Waals surface area contributed by atoms with Crippen molar-refractivity contribution in [3.63, 3.8) is 0 Å². The molecule has 2 aromatic rings. The van der Waals surface area contributed by atoms with E-state index in [1.165, 1.54) is 0 Å². The third kappa shape index (κ3) is 2.79. The molecule has 0 saturated carbocycles. The molecule has 0 aliphatic rings. The molecule has 1 aromatic heterocycles. The number of nitrogens with zero attached hydrogens (tertiary/aromatic N) is 2. The SMILES string of the molecule is NC(=O)CCn1cnc2cc(C(F)(F)F)ccc2c1=O. The average molecular weight is 285 g/mol. The van der Waals surface area contributed by atoms with Gasteiger partial charge in [0.1, 0.15) is 0 Å². The Morgan fingerprint density at radius 2 is 2.05 bits per heavy atom. The minimum absolute atomic E-state index is 0.0398. The molecule has 20 heavy (non-hydrogen) atoms. The number of benzene rings is 1. The number of alkyl halides is 3. The lowest BCUT2D eigenvalue weighted by atomic mass is 10.1. The van der Waals surface area contributed by atoms with Crippen LogP contribution in [-0.4, -0.2) is 15.5 Å². The maximum Gasteiger partial charge on any atom is 0.416 e. The number of halogens is 3. The van der Waals surface area contributed by atoms with Crippen molar-refractivity contribution in [2.45, 2.75) is 19.1 Å². The van der Waals surface area contributed by atoms with Crippen LogP contribution >= 0.6 is 0 Å². The number of carbonyl (C=O) groups is 1. The van der Waals surface area contributed by atoms with Crippen LogP contribution in [0.25, 0.3) is 10.9 Å². The summed E-state index contributed by atoms with van der Waals surface area (Å²) in [5, 5.41) is 0.0602. The van der Waals surface area contributed by atoms with Gasteiger partial charge in [-0.05, 0) is 18.2 Å². The molecule has 2 rings (SSSR count). The molecule has 0 fully saturated rings. The summed E-state index contributed by atoms with van der Waals surface area (Å²) < 4.78 is 38.8. The van der Waals surface area contributed by atoms with Gasteiger partial charge in [0.05, 0.1) is 22.8 Å². The number of hydrogen-bond donors (Lipinski definition) is 1. The Bertz CT molecular complexity index is 722. The third-order valence-electron chi connectivity index (χ3n) is 2.75. The highest BCUT2D eigenvalue weighted by atomic mass is 19.4. The number of primary amides is 1. The van der Waals surface area contributed by atoms with Crippen LogP contribution in [0.3, 0.4) is 0 Å². The Hall–Kier alpha value is -2.38. The van der Waals surface area contributed by atoms with Gasteiger partial charge in [0, 0.05) is 13.0 Å². The number of aryl methyl sites for hydroxylation is 1. The molecule has 1 heterocycles. The van der Waals surface area contributed by atoms with Crippen LogP contribution in [0.15, 0.2) is 29.3 Å². The van der Waals surface area contributed by atoms with Crippen molar-refractivity contribution in [3.05, 3.63) is 40.4 Å². The van der Waals surface area contributed by atoms with Crippen molar-refractivity contribution in [1.82, 2.24) is 9.55 Å². The van der Waals surface area contributed by atoms with Crippen LogP contribution in [0.1, 0.15) is 12.0 Å². The van der Waals surface area contributed by atoms with Gasteiger partial charge in [-0.3, -0.25) is 14.2 Å². The summed E-state index contributed by atoms with van der Waals surface area (Å²) in [6.07, 6.45) is -3.43. The lowest BCUT2D eigenvalue weighted by Gasteiger charge is -2.08. The van der Waals surface area contributed by atoms with Gasteiger partial charge in [0.15, 0.2) is 0 Å². The molecule has 0 atom stereocenters. The molecule has 8 heteroatoms. The molecule has 1 amide bonds. The monoisotopic (exact) mass is 285 g/mol. The number of nitrogens with two attached hydrogens (primary N) is 1. The van der Waals surface area contributed by atoms with Gasteiger partial charge in [-0.15, -0.1) is 0 Å². The molecule has 2 N–H and O–H groups in total. The molecule has 1 aromatic carbocycles. The Labute approximate surface area is 110 Å². The fourth-order valence-electron chi connectivity index (χ4n) is 1.72. The summed E-state index contributed by atoms with van der Waals surface area (Å²) in [4.78, 5) is 26.5. The number of carbonyl (C=O) groups excluding carboxylic acids is 1. The number of aromatic nitrogens is 2. The first-order valence-electron chi connectivity index (χ1n) is 5.64. The number of rotatable bonds is 3. The van der Waals surface area contributed by atoms with Crippen molar-refractivity contribution >= 4 is 16.8 Å². The number of fused-ring (bicyclic) bond motifs is 1. The standard InChI is InChI=1S/C12H10F3N3O2/c13-12(14,15)7-1-2-8-9(5-7)17-6-18(11(8)20)4-3-10(16)19/h1-2,5-6H,3-4H2,(H2,16,19). The zero-order valence-corrected chi connectivity index (χ0v) is 10.1. The van der Waals surface area contributed by atoms with Crippen LogP contribution in [-0.2, 0) is 17.5 Å². The Kier molecular flexibility index (Phi) is 3.47. The van der Waals surface area contributed by atoms with E-state index in [0.717, 1.165) is 29.1 Å². The third-order valence-corrected chi connectivity index (χ3v) is 2.75. The lowest BCUT2D eigenvalue weighted by Crippen LogP contribution is -2.24. The summed E-state index contributed by atoms with van der Waals surface area (Å²) in [6.45, 7) is 0.0398. The van der Waals surface area contributed by atoms with E-state index in [9.17, 15) is 22.8 Å². The van der Waals surface area contributed by atoms with Gasteiger partial charge in [0.25, 0.3) is 5.56 Å². The highest BCUT2D eigenvalue weighted by Gasteiger charge is 2.30. The van der Waals surface area contributed by atoms with Crippen LogP contribution in [0.2, 0.25) is 0 Å². The topological polar surface area (TPSA) is 78.0 Å². The summed E-state index contributed by atoms with van der Waals surface area (Å²) in [7, 11) is 0. The molecule has 0 bridgehead atoms. The first-order valence-corrected chi connectivity index (χ1v) is 5.64. The Morgan fingerprint density at radius 1 is 1.35 bits per heavy atom. The van der Waals surface area contributed by atoms with Crippen molar-refractivity contribution in [3.8, 4) is 0 Å². The zero-order chi connectivity index (χ0) is 14.9. The normalized spacial score (nSPS) is 11.8. The minimum Gasteiger partial charge on any atom is -0.370 e. The van der Waals surface area contributed by atoms with Crippen LogP contribution in [0, 0.1) is 0 Å². The fourth-order valence-corrected chi connectivity index (χ4v) is 1.72. The smallest absolute Gasteiger partial charge is 0.370 e. The highest BCUT2D eigenvalue weighted by Crippen LogP contribution is 2.30. The number of hydrogen-bond acceptors (Lipinski definition) is 3. The molecule has 0 unspecified atom stereocenters. The summed E-state index contributed by atoms with van der Waals surface area (Å²) in [6, 6.07) is 2.72. The summed E-state index contributed by atoms with van der Waals surface area (Å²) in [5.41, 5.74) is 3.55. The van der Waals surface area contributed by atoms with Crippen molar-refractivity contribution < 1.29 is 18.0 Å². The summed E-state index contributed by atoms with van der Waals surface area (Å²) in [5.74, 6) is -0.579. The minimum atomic E-state index is -4.49. The van der Waals surface area contributed by atoms with E-state index in [1.807, 2.05) is 0 Å². The molecule has 0 spiro atoms. The average Bonchev–Trinajstić information content (AvgIpc) is 2.36. The largest absolute Gasteiger partial charge is 0.416 e. The molecule has 0 saturated heterocycles. The van der Waals surface area contributed by atoms with Gasteiger partial charge in [0.2, 0.25) is 5.91 Å². The second kappa shape index (κ2) is 4.95. The first-order chi connectivity index (χ1) is 9.29. The van der Waals surface area contributed by atoms with Crippen LogP contribution < -0.4 is 11.3 Å². The fraction of sp³-hybridized carbons (Fsp3) is 0.250. The van der Waals surface area contributed by atoms with E-state index in [2.05, 4.69) is 4.98 Å². The van der Waals surface area contributed by atoms with Gasteiger partial charge < -0.3 is 5.73 Å².